The summed E-state index contributed by atoms with van der Waals surface area (Å²) < 4.78 is 0. The number of rotatable bonds is 11. The Morgan fingerprint density at radius 3 is 2.08 bits per heavy atom. The summed E-state index contributed by atoms with van der Waals surface area (Å²) in [6.45, 7) is -1.79. The van der Waals surface area contributed by atoms with Crippen LogP contribution in [0.1, 0.15) is 12.8 Å². The van der Waals surface area contributed by atoms with Crippen molar-refractivity contribution in [1.82, 2.24) is 16.0 Å². The number of carbonyl (C=O) groups excluding carboxylic acids is 4. The van der Waals surface area contributed by atoms with E-state index >= 15 is 0 Å². The van der Waals surface area contributed by atoms with Crippen LogP contribution in [0.3, 0.4) is 0 Å². The zero-order chi connectivity index (χ0) is 18.7. The molecule has 0 rings (SSSR count). The molecule has 9 N–H and O–H groups in total. The standard InChI is InChI=1S/C12H21N5O7/c13-6(5-18)11(23)15-3-9(20)17-7(1-2-8(14)19)12(24)16-4-10(21)22/h6-7,18H,1-5,13H2,(H2,14,19)(H,15,23)(H,16,24)(H,17,20)(H,21,22). The van der Waals surface area contributed by atoms with E-state index in [0.29, 0.717) is 0 Å². The number of nitrogens with two attached hydrogens (primary N) is 2. The molecular weight excluding hydrogens is 326 g/mol. The van der Waals surface area contributed by atoms with Crippen molar-refractivity contribution in [2.45, 2.75) is 24.9 Å². The normalized spacial score (nSPS) is 12.6. The average Bonchev–Trinajstić information content (AvgIpc) is 2.52. The van der Waals surface area contributed by atoms with Crippen molar-refractivity contribution in [3.8, 4) is 0 Å². The van der Waals surface area contributed by atoms with Gasteiger partial charge in [0.25, 0.3) is 0 Å². The molecule has 0 aliphatic heterocycles. The smallest absolute Gasteiger partial charge is 0.322 e. The molecule has 0 spiro atoms. The molecule has 0 saturated carbocycles. The zero-order valence-corrected chi connectivity index (χ0v) is 12.8. The van der Waals surface area contributed by atoms with Gasteiger partial charge in [0.15, 0.2) is 0 Å². The Kier molecular flexibility index (Phi) is 9.67. The SMILES string of the molecule is NC(=O)CCC(NC(=O)CNC(=O)C(N)CO)C(=O)NCC(=O)O. The van der Waals surface area contributed by atoms with E-state index in [2.05, 4.69) is 16.0 Å². The Bertz CT molecular complexity index is 496. The quantitative estimate of drug-likeness (QED) is 0.192. The number of carboxylic acids is 1. The summed E-state index contributed by atoms with van der Waals surface area (Å²) in [7, 11) is 0. The second-order valence-corrected chi connectivity index (χ2v) is 4.74. The predicted molar refractivity (Wildman–Crippen MR) is 79.1 cm³/mol. The number of amides is 4. The van der Waals surface area contributed by atoms with E-state index in [9.17, 15) is 24.0 Å². The molecule has 0 bridgehead atoms. The molecule has 4 amide bonds. The summed E-state index contributed by atoms with van der Waals surface area (Å²) in [6.07, 6.45) is -0.357. The number of carbonyl (C=O) groups is 5. The molecule has 12 heteroatoms. The first-order valence-corrected chi connectivity index (χ1v) is 6.88. The molecular formula is C12H21N5O7. The molecule has 0 aliphatic carbocycles. The van der Waals surface area contributed by atoms with Crippen LogP contribution < -0.4 is 27.4 Å². The fraction of sp³-hybridized carbons (Fsp3) is 0.583. The van der Waals surface area contributed by atoms with E-state index in [0.717, 1.165) is 0 Å². The summed E-state index contributed by atoms with van der Waals surface area (Å²) >= 11 is 0. The number of carboxylic acid groups (broad SMARTS) is 1. The minimum absolute atomic E-state index is 0.142. The molecule has 0 heterocycles. The molecule has 24 heavy (non-hydrogen) atoms. The molecule has 0 radical (unpaired) electrons. The third-order valence-electron chi connectivity index (χ3n) is 2.70. The predicted octanol–water partition coefficient (Wildman–Crippen LogP) is -4.63. The van der Waals surface area contributed by atoms with Gasteiger partial charge in [-0.3, -0.25) is 24.0 Å². The van der Waals surface area contributed by atoms with Gasteiger partial charge in [0.2, 0.25) is 23.6 Å². The second-order valence-electron chi connectivity index (χ2n) is 4.74. The van der Waals surface area contributed by atoms with Crippen LogP contribution in [-0.2, 0) is 24.0 Å². The van der Waals surface area contributed by atoms with Gasteiger partial charge < -0.3 is 37.6 Å². The van der Waals surface area contributed by atoms with Crippen molar-refractivity contribution in [2.75, 3.05) is 19.7 Å². The van der Waals surface area contributed by atoms with Crippen molar-refractivity contribution < 1.29 is 34.2 Å². The molecule has 0 saturated heterocycles. The Morgan fingerprint density at radius 1 is 1.00 bits per heavy atom. The van der Waals surface area contributed by atoms with Crippen molar-refractivity contribution in [3.05, 3.63) is 0 Å². The Balaban J connectivity index is 4.58. The number of aliphatic hydroxyl groups excluding tert-OH is 1. The molecule has 0 aromatic heterocycles. The van der Waals surface area contributed by atoms with E-state index in [1.165, 1.54) is 0 Å². The largest absolute Gasteiger partial charge is 0.480 e. The van der Waals surface area contributed by atoms with Crippen LogP contribution in [0.4, 0.5) is 0 Å². The fourth-order valence-corrected chi connectivity index (χ4v) is 1.47. The van der Waals surface area contributed by atoms with Gasteiger partial charge in [0, 0.05) is 6.42 Å². The van der Waals surface area contributed by atoms with E-state index in [4.69, 9.17) is 21.7 Å². The highest BCUT2D eigenvalue weighted by Crippen LogP contribution is 1.97. The molecule has 2 unspecified atom stereocenters. The van der Waals surface area contributed by atoms with Crippen LogP contribution in [0.15, 0.2) is 0 Å². The molecule has 0 fully saturated rings. The van der Waals surface area contributed by atoms with Crippen molar-refractivity contribution in [1.29, 1.82) is 0 Å². The van der Waals surface area contributed by atoms with E-state index in [-0.39, 0.29) is 12.8 Å². The summed E-state index contributed by atoms with van der Waals surface area (Å²) in [5, 5.41) is 23.6. The van der Waals surface area contributed by atoms with Crippen molar-refractivity contribution >= 4 is 29.6 Å². The lowest BCUT2D eigenvalue weighted by Gasteiger charge is -2.18. The monoisotopic (exact) mass is 347 g/mol. The number of aliphatic hydroxyl groups is 1. The maximum absolute atomic E-state index is 11.8. The van der Waals surface area contributed by atoms with Crippen molar-refractivity contribution in [3.63, 3.8) is 0 Å². The van der Waals surface area contributed by atoms with Crippen LogP contribution in [0, 0.1) is 0 Å². The third-order valence-corrected chi connectivity index (χ3v) is 2.70. The first-order valence-electron chi connectivity index (χ1n) is 6.88. The lowest BCUT2D eigenvalue weighted by atomic mass is 10.1. The van der Waals surface area contributed by atoms with Crippen molar-refractivity contribution in [2.24, 2.45) is 11.5 Å². The Hall–Kier alpha value is -2.73. The highest BCUT2D eigenvalue weighted by Gasteiger charge is 2.22. The maximum atomic E-state index is 11.8. The van der Waals surface area contributed by atoms with Gasteiger partial charge in [-0.25, -0.2) is 0 Å². The molecule has 2 atom stereocenters. The van der Waals surface area contributed by atoms with Crippen LogP contribution >= 0.6 is 0 Å². The van der Waals surface area contributed by atoms with Gasteiger partial charge in [0.05, 0.1) is 13.2 Å². The second kappa shape index (κ2) is 10.9. The summed E-state index contributed by atoms with van der Waals surface area (Å²) in [5.74, 6) is -4.34. The molecule has 12 nitrogen and oxygen atoms in total. The Labute approximate surface area is 136 Å². The Morgan fingerprint density at radius 2 is 1.58 bits per heavy atom. The third kappa shape index (κ3) is 9.32. The van der Waals surface area contributed by atoms with Gasteiger partial charge in [-0.15, -0.1) is 0 Å². The minimum Gasteiger partial charge on any atom is -0.480 e. The van der Waals surface area contributed by atoms with Crippen LogP contribution in [0.2, 0.25) is 0 Å². The summed E-state index contributed by atoms with van der Waals surface area (Å²) in [5.41, 5.74) is 10.2. The van der Waals surface area contributed by atoms with E-state index in [1.54, 1.807) is 0 Å². The first kappa shape index (κ1) is 21.3. The van der Waals surface area contributed by atoms with Gasteiger partial charge in [-0.1, -0.05) is 0 Å². The number of primary amides is 1. The maximum Gasteiger partial charge on any atom is 0.322 e. The van der Waals surface area contributed by atoms with Gasteiger partial charge >= 0.3 is 5.97 Å². The highest BCUT2D eigenvalue weighted by molar-refractivity contribution is 5.92. The minimum atomic E-state index is -1.28. The van der Waals surface area contributed by atoms with Crippen LogP contribution in [-0.4, -0.2) is 71.6 Å². The number of nitrogens with one attached hydrogen (secondary N) is 3. The topological polar surface area (TPSA) is 214 Å². The van der Waals surface area contributed by atoms with Gasteiger partial charge in [0.1, 0.15) is 18.6 Å². The highest BCUT2D eigenvalue weighted by atomic mass is 16.4. The van der Waals surface area contributed by atoms with Crippen LogP contribution in [0.5, 0.6) is 0 Å². The average molecular weight is 347 g/mol. The lowest BCUT2D eigenvalue weighted by Crippen LogP contribution is -2.52. The molecule has 0 aliphatic rings. The van der Waals surface area contributed by atoms with Crippen LogP contribution in [0.25, 0.3) is 0 Å². The number of hydrogen-bond donors (Lipinski definition) is 7. The summed E-state index contributed by atoms with van der Waals surface area (Å²) in [4.78, 5) is 56.0. The first-order chi connectivity index (χ1) is 11.2. The zero-order valence-electron chi connectivity index (χ0n) is 12.8. The molecule has 0 aromatic carbocycles. The lowest BCUT2D eigenvalue weighted by molar-refractivity contribution is -0.138. The van der Waals surface area contributed by atoms with Gasteiger partial charge in [-0.2, -0.15) is 0 Å². The molecule has 136 valence electrons. The van der Waals surface area contributed by atoms with Gasteiger partial charge in [-0.05, 0) is 6.42 Å². The van der Waals surface area contributed by atoms with E-state index < -0.39 is 61.4 Å². The number of hydrogen-bond acceptors (Lipinski definition) is 7. The number of aliphatic carboxylic acids is 1. The molecule has 0 aromatic rings. The van der Waals surface area contributed by atoms with E-state index in [1.807, 2.05) is 0 Å². The summed E-state index contributed by atoms with van der Waals surface area (Å²) in [6, 6.07) is -2.39. The fourth-order valence-electron chi connectivity index (χ4n) is 1.47.